The lowest BCUT2D eigenvalue weighted by Crippen LogP contribution is -2.51. The third-order valence-electron chi connectivity index (χ3n) is 3.86. The van der Waals surface area contributed by atoms with Crippen LogP contribution in [0.3, 0.4) is 0 Å². The Morgan fingerprint density at radius 1 is 1.30 bits per heavy atom. The van der Waals surface area contributed by atoms with Gasteiger partial charge in [-0.2, -0.15) is 0 Å². The summed E-state index contributed by atoms with van der Waals surface area (Å²) in [6.07, 6.45) is 4.45. The molecule has 118 valence electrons. The van der Waals surface area contributed by atoms with E-state index in [1.807, 2.05) is 0 Å². The van der Waals surface area contributed by atoms with Gasteiger partial charge in [0.15, 0.2) is 9.84 Å². The SMILES string of the molecule is CC(C)CC(NC1CCCC1S(C)(=O)=O)C(=O)N(C)C. The quantitative estimate of drug-likeness (QED) is 0.796. The van der Waals surface area contributed by atoms with E-state index in [0.29, 0.717) is 12.3 Å². The van der Waals surface area contributed by atoms with Crippen LogP contribution in [0, 0.1) is 5.92 Å². The van der Waals surface area contributed by atoms with E-state index in [1.54, 1.807) is 19.0 Å². The number of amides is 1. The minimum Gasteiger partial charge on any atom is -0.347 e. The Hall–Kier alpha value is -0.620. The summed E-state index contributed by atoms with van der Waals surface area (Å²) in [7, 11) is 0.413. The predicted molar refractivity (Wildman–Crippen MR) is 81.3 cm³/mol. The minimum absolute atomic E-state index is 0.0258. The van der Waals surface area contributed by atoms with Gasteiger partial charge in [0.1, 0.15) is 0 Å². The first kappa shape index (κ1) is 17.4. The number of carbonyl (C=O) groups excluding carboxylic acids is 1. The summed E-state index contributed by atoms with van der Waals surface area (Å²) in [5, 5.41) is 2.96. The molecule has 5 nitrogen and oxygen atoms in total. The molecule has 20 heavy (non-hydrogen) atoms. The average Bonchev–Trinajstić information content (AvgIpc) is 2.74. The highest BCUT2D eigenvalue weighted by Crippen LogP contribution is 2.26. The molecule has 6 heteroatoms. The van der Waals surface area contributed by atoms with Gasteiger partial charge in [-0.1, -0.05) is 20.3 Å². The van der Waals surface area contributed by atoms with Crippen LogP contribution in [-0.4, -0.2) is 56.9 Å². The molecule has 0 aromatic rings. The molecule has 3 unspecified atom stereocenters. The minimum atomic E-state index is -3.06. The lowest BCUT2D eigenvalue weighted by Gasteiger charge is -2.28. The van der Waals surface area contributed by atoms with E-state index in [9.17, 15) is 13.2 Å². The summed E-state index contributed by atoms with van der Waals surface area (Å²) < 4.78 is 23.6. The van der Waals surface area contributed by atoms with Crippen molar-refractivity contribution in [1.29, 1.82) is 0 Å². The highest BCUT2D eigenvalue weighted by Gasteiger charge is 2.37. The van der Waals surface area contributed by atoms with Crippen molar-refractivity contribution in [2.45, 2.75) is 56.9 Å². The third-order valence-corrected chi connectivity index (χ3v) is 5.53. The molecule has 0 radical (unpaired) electrons. The van der Waals surface area contributed by atoms with E-state index >= 15 is 0 Å². The number of sulfone groups is 1. The van der Waals surface area contributed by atoms with Gasteiger partial charge in [-0.15, -0.1) is 0 Å². The van der Waals surface area contributed by atoms with Crippen LogP contribution in [0.5, 0.6) is 0 Å². The molecule has 3 atom stereocenters. The zero-order valence-corrected chi connectivity index (χ0v) is 14.0. The summed E-state index contributed by atoms with van der Waals surface area (Å²) in [6, 6.07) is -0.394. The van der Waals surface area contributed by atoms with E-state index in [4.69, 9.17) is 0 Å². The molecule has 0 aromatic carbocycles. The number of hydrogen-bond donors (Lipinski definition) is 1. The van der Waals surface area contributed by atoms with Crippen molar-refractivity contribution in [2.75, 3.05) is 20.4 Å². The number of carbonyl (C=O) groups is 1. The molecule has 1 aliphatic carbocycles. The number of hydrogen-bond acceptors (Lipinski definition) is 4. The Bertz CT molecular complexity index is 432. The normalized spacial score (nSPS) is 24.9. The van der Waals surface area contributed by atoms with Gasteiger partial charge in [-0.25, -0.2) is 8.42 Å². The molecule has 1 amide bonds. The van der Waals surface area contributed by atoms with Crippen molar-refractivity contribution >= 4 is 15.7 Å². The lowest BCUT2D eigenvalue weighted by atomic mass is 10.0. The van der Waals surface area contributed by atoms with Gasteiger partial charge < -0.3 is 10.2 Å². The van der Waals surface area contributed by atoms with Crippen molar-refractivity contribution in [2.24, 2.45) is 5.92 Å². The Kier molecular flexibility index (Phi) is 6.01. The molecule has 0 aromatic heterocycles. The Morgan fingerprint density at radius 2 is 1.90 bits per heavy atom. The van der Waals surface area contributed by atoms with Gasteiger partial charge >= 0.3 is 0 Å². The van der Waals surface area contributed by atoms with Gasteiger partial charge in [0.25, 0.3) is 0 Å². The van der Waals surface area contributed by atoms with E-state index in [0.717, 1.165) is 19.3 Å². The molecule has 0 saturated heterocycles. The van der Waals surface area contributed by atoms with E-state index in [1.165, 1.54) is 6.26 Å². The third kappa shape index (κ3) is 4.74. The number of rotatable bonds is 6. The highest BCUT2D eigenvalue weighted by molar-refractivity contribution is 7.91. The molecule has 0 aliphatic heterocycles. The molecule has 0 spiro atoms. The molecule has 1 N–H and O–H groups in total. The van der Waals surface area contributed by atoms with Crippen LogP contribution in [0.4, 0.5) is 0 Å². The van der Waals surface area contributed by atoms with Crippen molar-refractivity contribution in [1.82, 2.24) is 10.2 Å². The van der Waals surface area contributed by atoms with Crippen LogP contribution in [0.15, 0.2) is 0 Å². The summed E-state index contributed by atoms with van der Waals surface area (Å²) in [6.45, 7) is 4.14. The zero-order chi connectivity index (χ0) is 15.5. The smallest absolute Gasteiger partial charge is 0.239 e. The molecule has 1 rings (SSSR count). The Labute approximate surface area is 123 Å². The maximum Gasteiger partial charge on any atom is 0.239 e. The molecule has 1 saturated carbocycles. The van der Waals surface area contributed by atoms with Gasteiger partial charge in [0, 0.05) is 26.4 Å². The largest absolute Gasteiger partial charge is 0.347 e. The van der Waals surface area contributed by atoms with Crippen LogP contribution in [-0.2, 0) is 14.6 Å². The fourth-order valence-corrected chi connectivity index (χ4v) is 4.32. The fourth-order valence-electron chi connectivity index (χ4n) is 2.91. The monoisotopic (exact) mass is 304 g/mol. The number of nitrogens with one attached hydrogen (secondary N) is 1. The summed E-state index contributed by atoms with van der Waals surface area (Å²) in [5.41, 5.74) is 0. The first-order valence-electron chi connectivity index (χ1n) is 7.29. The Morgan fingerprint density at radius 3 is 2.35 bits per heavy atom. The topological polar surface area (TPSA) is 66.5 Å². The number of nitrogens with zero attached hydrogens (tertiary/aromatic N) is 1. The second kappa shape index (κ2) is 6.89. The molecular formula is C14H28N2O3S. The molecular weight excluding hydrogens is 276 g/mol. The predicted octanol–water partition coefficient (Wildman–Crippen LogP) is 1.04. The highest BCUT2D eigenvalue weighted by atomic mass is 32.2. The van der Waals surface area contributed by atoms with Crippen molar-refractivity contribution in [3.05, 3.63) is 0 Å². The van der Waals surface area contributed by atoms with Crippen LogP contribution >= 0.6 is 0 Å². The van der Waals surface area contributed by atoms with E-state index in [-0.39, 0.29) is 23.2 Å². The lowest BCUT2D eigenvalue weighted by molar-refractivity contribution is -0.131. The average molecular weight is 304 g/mol. The zero-order valence-electron chi connectivity index (χ0n) is 13.2. The van der Waals surface area contributed by atoms with Crippen LogP contribution in [0.2, 0.25) is 0 Å². The van der Waals surface area contributed by atoms with Crippen molar-refractivity contribution in [3.63, 3.8) is 0 Å². The molecule has 1 aliphatic rings. The Balaban J connectivity index is 2.81. The van der Waals surface area contributed by atoms with Gasteiger partial charge in [-0.05, 0) is 25.2 Å². The fraction of sp³-hybridized carbons (Fsp3) is 0.929. The van der Waals surface area contributed by atoms with Crippen molar-refractivity contribution < 1.29 is 13.2 Å². The standard InChI is InChI=1S/C14H28N2O3S/c1-10(2)9-12(14(17)16(3)4)15-11-7-6-8-13(11)20(5,18)19/h10-13,15H,6-9H2,1-5H3. The van der Waals surface area contributed by atoms with Gasteiger partial charge in [-0.3, -0.25) is 4.79 Å². The molecule has 0 heterocycles. The van der Waals surface area contributed by atoms with Crippen molar-refractivity contribution in [3.8, 4) is 0 Å². The first-order valence-corrected chi connectivity index (χ1v) is 9.24. The van der Waals surface area contributed by atoms with Crippen LogP contribution < -0.4 is 5.32 Å². The van der Waals surface area contributed by atoms with E-state index in [2.05, 4.69) is 19.2 Å². The second-order valence-electron chi connectivity index (χ2n) is 6.49. The summed E-state index contributed by atoms with van der Waals surface area (Å²) >= 11 is 0. The first-order chi connectivity index (χ1) is 9.12. The molecule has 0 bridgehead atoms. The van der Waals surface area contributed by atoms with Gasteiger partial charge in [0.05, 0.1) is 11.3 Å². The summed E-state index contributed by atoms with van der Waals surface area (Å²) in [5.74, 6) is 0.410. The maximum atomic E-state index is 12.2. The second-order valence-corrected chi connectivity index (χ2v) is 8.75. The number of likely N-dealkylation sites (N-methyl/N-ethyl adjacent to an activating group) is 1. The summed E-state index contributed by atoms with van der Waals surface area (Å²) in [4.78, 5) is 13.8. The maximum absolute atomic E-state index is 12.2. The molecule has 1 fully saturated rings. The van der Waals surface area contributed by atoms with Gasteiger partial charge in [0.2, 0.25) is 5.91 Å². The van der Waals surface area contributed by atoms with Crippen LogP contribution in [0.25, 0.3) is 0 Å². The van der Waals surface area contributed by atoms with Crippen LogP contribution in [0.1, 0.15) is 39.5 Å². The van der Waals surface area contributed by atoms with E-state index < -0.39 is 9.84 Å².